The second-order valence-corrected chi connectivity index (χ2v) is 10.3. The first-order valence-electron chi connectivity index (χ1n) is 11.7. The molecule has 162 valence electrons. The Morgan fingerprint density at radius 2 is 1.48 bits per heavy atom. The molecule has 0 amide bonds. The van der Waals surface area contributed by atoms with E-state index in [1.54, 1.807) is 0 Å². The van der Waals surface area contributed by atoms with Crippen LogP contribution in [0.25, 0.3) is 11.4 Å². The van der Waals surface area contributed by atoms with Crippen molar-refractivity contribution in [1.29, 1.82) is 0 Å². The molecule has 0 aliphatic heterocycles. The number of hydrogen-bond donors (Lipinski definition) is 0. The molecule has 0 atom stereocenters. The number of hydrogen-bond acceptors (Lipinski definition) is 0. The Balaban J connectivity index is 2.41. The van der Waals surface area contributed by atoms with Gasteiger partial charge in [0.15, 0.2) is 0 Å². The third-order valence-electron chi connectivity index (χ3n) is 6.29. The summed E-state index contributed by atoms with van der Waals surface area (Å²) in [5, 5.41) is 0. The smallest absolute Gasteiger partial charge is 0.227 e. The second kappa shape index (κ2) is 9.96. The van der Waals surface area contributed by atoms with Crippen LogP contribution in [0.3, 0.4) is 0 Å². The van der Waals surface area contributed by atoms with Gasteiger partial charge in [0.1, 0.15) is 11.4 Å². The van der Waals surface area contributed by atoms with Crippen LogP contribution in [0.2, 0.25) is 0 Å². The minimum absolute atomic E-state index is 0.449. The Kier molecular flexibility index (Phi) is 8.14. The maximum atomic E-state index is 2.62. The molecule has 0 bridgehead atoms. The first kappa shape index (κ1) is 23.7. The van der Waals surface area contributed by atoms with Crippen molar-refractivity contribution in [2.75, 3.05) is 0 Å². The third-order valence-corrected chi connectivity index (χ3v) is 6.29. The summed E-state index contributed by atoms with van der Waals surface area (Å²) in [7, 11) is 0. The Bertz CT molecular complexity index is 795. The molecule has 0 aliphatic carbocycles. The van der Waals surface area contributed by atoms with Crippen molar-refractivity contribution >= 4 is 0 Å². The molecule has 0 saturated heterocycles. The lowest BCUT2D eigenvalue weighted by Crippen LogP contribution is -2.38. The van der Waals surface area contributed by atoms with Crippen molar-refractivity contribution in [3.8, 4) is 11.4 Å². The van der Waals surface area contributed by atoms with Gasteiger partial charge in [-0.1, -0.05) is 58.2 Å². The molecular formula is C27H45N2+. The van der Waals surface area contributed by atoms with Crippen molar-refractivity contribution in [2.45, 2.75) is 114 Å². The number of unbranched alkanes of at least 4 members (excludes halogenated alkanes) is 3. The quantitative estimate of drug-likeness (QED) is 0.308. The maximum absolute atomic E-state index is 2.62. The average molecular weight is 398 g/mol. The molecule has 29 heavy (non-hydrogen) atoms. The van der Waals surface area contributed by atoms with Gasteiger partial charge in [0.2, 0.25) is 0 Å². The Hall–Kier alpha value is -1.57. The summed E-state index contributed by atoms with van der Waals surface area (Å²) in [4.78, 5) is 0. The fraction of sp³-hybridized carbons (Fsp3) is 0.667. The van der Waals surface area contributed by atoms with Gasteiger partial charge in [-0.2, -0.15) is 0 Å². The number of aromatic nitrogens is 2. The van der Waals surface area contributed by atoms with Gasteiger partial charge in [0.05, 0.1) is 18.7 Å². The summed E-state index contributed by atoms with van der Waals surface area (Å²) in [6.07, 6.45) is 7.68. The molecule has 1 aromatic carbocycles. The van der Waals surface area contributed by atoms with E-state index in [1.165, 1.54) is 78.0 Å². The van der Waals surface area contributed by atoms with Gasteiger partial charge in [0, 0.05) is 13.8 Å². The fourth-order valence-electron chi connectivity index (χ4n) is 4.62. The largest absolute Gasteiger partial charge is 0.289 e. The van der Waals surface area contributed by atoms with Crippen LogP contribution in [0.5, 0.6) is 0 Å². The van der Waals surface area contributed by atoms with E-state index >= 15 is 0 Å². The number of imidazole rings is 1. The lowest BCUT2D eigenvalue weighted by Gasteiger charge is -2.17. The molecule has 2 heteroatoms. The van der Waals surface area contributed by atoms with E-state index in [4.69, 9.17) is 0 Å². The van der Waals surface area contributed by atoms with Gasteiger partial charge >= 0.3 is 0 Å². The molecule has 0 radical (unpaired) electrons. The third kappa shape index (κ3) is 5.96. The van der Waals surface area contributed by atoms with Crippen molar-refractivity contribution in [3.05, 3.63) is 40.2 Å². The summed E-state index contributed by atoms with van der Waals surface area (Å²) < 4.78 is 5.21. The van der Waals surface area contributed by atoms with Crippen LogP contribution in [0.15, 0.2) is 12.1 Å². The monoisotopic (exact) mass is 397 g/mol. The summed E-state index contributed by atoms with van der Waals surface area (Å²) >= 11 is 0. The van der Waals surface area contributed by atoms with E-state index in [1.807, 2.05) is 0 Å². The van der Waals surface area contributed by atoms with Crippen LogP contribution in [0.4, 0.5) is 0 Å². The van der Waals surface area contributed by atoms with Crippen molar-refractivity contribution in [3.63, 3.8) is 0 Å². The van der Waals surface area contributed by atoms with Crippen molar-refractivity contribution in [1.82, 2.24) is 4.57 Å². The van der Waals surface area contributed by atoms with Crippen LogP contribution in [-0.4, -0.2) is 4.57 Å². The van der Waals surface area contributed by atoms with Gasteiger partial charge < -0.3 is 0 Å². The predicted octanol–water partition coefficient (Wildman–Crippen LogP) is 7.39. The van der Waals surface area contributed by atoms with Crippen LogP contribution in [0.1, 0.15) is 94.3 Å². The standard InChI is InChI=1S/C27H45N2/c1-10-11-16-28-23(5)24(6)29(17-14-12-13-15-27(7,8)9)26(28)25-21(3)18-20(2)19-22(25)4/h18-19H,10-17H2,1-9H3/q+1. The summed E-state index contributed by atoms with van der Waals surface area (Å²) in [6.45, 7) is 23.0. The number of aryl methyl sites for hydroxylation is 3. The molecule has 2 rings (SSSR count). The van der Waals surface area contributed by atoms with Gasteiger partial charge in [0.25, 0.3) is 5.82 Å². The minimum atomic E-state index is 0.449. The van der Waals surface area contributed by atoms with Gasteiger partial charge in [-0.05, 0) is 63.0 Å². The number of benzene rings is 1. The normalized spacial score (nSPS) is 12.0. The molecule has 1 aromatic heterocycles. The van der Waals surface area contributed by atoms with Crippen molar-refractivity contribution < 1.29 is 4.57 Å². The molecule has 0 spiro atoms. The van der Waals surface area contributed by atoms with Crippen LogP contribution < -0.4 is 4.57 Å². The minimum Gasteiger partial charge on any atom is -0.227 e. The van der Waals surface area contributed by atoms with Gasteiger partial charge in [-0.15, -0.1) is 0 Å². The Morgan fingerprint density at radius 1 is 0.862 bits per heavy atom. The molecule has 0 N–H and O–H groups in total. The maximum Gasteiger partial charge on any atom is 0.289 e. The van der Waals surface area contributed by atoms with Gasteiger partial charge in [-0.3, -0.25) is 0 Å². The molecule has 0 unspecified atom stereocenters. The Morgan fingerprint density at radius 3 is 2.03 bits per heavy atom. The van der Waals surface area contributed by atoms with E-state index in [0.717, 1.165) is 13.1 Å². The highest BCUT2D eigenvalue weighted by molar-refractivity contribution is 5.64. The van der Waals surface area contributed by atoms with E-state index in [0.29, 0.717) is 5.41 Å². The molecule has 1 heterocycles. The molecule has 2 nitrogen and oxygen atoms in total. The molecule has 0 fully saturated rings. The van der Waals surface area contributed by atoms with Crippen molar-refractivity contribution in [2.24, 2.45) is 5.41 Å². The molecule has 0 aliphatic rings. The molecular weight excluding hydrogens is 352 g/mol. The number of nitrogens with zero attached hydrogens (tertiary/aromatic N) is 2. The zero-order valence-electron chi connectivity index (χ0n) is 20.7. The van der Waals surface area contributed by atoms with E-state index < -0.39 is 0 Å². The average Bonchev–Trinajstić information content (AvgIpc) is 2.82. The lowest BCUT2D eigenvalue weighted by molar-refractivity contribution is -0.691. The fourth-order valence-corrected chi connectivity index (χ4v) is 4.62. The van der Waals surface area contributed by atoms with Crippen LogP contribution in [-0.2, 0) is 13.1 Å². The van der Waals surface area contributed by atoms with E-state index in [9.17, 15) is 0 Å². The topological polar surface area (TPSA) is 8.81 Å². The first-order valence-corrected chi connectivity index (χ1v) is 11.7. The molecule has 0 saturated carbocycles. The van der Waals surface area contributed by atoms with E-state index in [-0.39, 0.29) is 0 Å². The SMILES string of the molecule is CCCCn1c(C)c(C)[n+](CCCCCC(C)(C)C)c1-c1c(C)cc(C)cc1C. The highest BCUT2D eigenvalue weighted by Crippen LogP contribution is 2.29. The summed E-state index contributed by atoms with van der Waals surface area (Å²) in [5.74, 6) is 1.43. The van der Waals surface area contributed by atoms with E-state index in [2.05, 4.69) is 83.6 Å². The molecule has 2 aromatic rings. The second-order valence-electron chi connectivity index (χ2n) is 10.3. The first-order chi connectivity index (χ1) is 13.6. The van der Waals surface area contributed by atoms with Gasteiger partial charge in [-0.25, -0.2) is 9.13 Å². The zero-order valence-corrected chi connectivity index (χ0v) is 20.7. The highest BCUT2D eigenvalue weighted by atomic mass is 15.2. The predicted molar refractivity (Wildman–Crippen MR) is 127 cm³/mol. The lowest BCUT2D eigenvalue weighted by atomic mass is 9.89. The zero-order chi connectivity index (χ0) is 21.8. The van der Waals surface area contributed by atoms with Crippen LogP contribution in [0, 0.1) is 40.0 Å². The summed E-state index contributed by atoms with van der Waals surface area (Å²) in [6, 6.07) is 4.69. The number of rotatable bonds is 9. The summed E-state index contributed by atoms with van der Waals surface area (Å²) in [5.41, 5.74) is 8.92. The van der Waals surface area contributed by atoms with Crippen LogP contribution >= 0.6 is 0 Å². The highest BCUT2D eigenvalue weighted by Gasteiger charge is 2.28. The Labute approximate surface area is 180 Å².